The number of carbonyl (C=O) groups excluding carboxylic acids is 1. The molecule has 3 aliphatic heterocycles. The summed E-state index contributed by atoms with van der Waals surface area (Å²) < 4.78 is 19.1. The number of anilines is 1. The molecule has 3 saturated heterocycles. The number of nitrogens with zero attached hydrogens (tertiary/aromatic N) is 2. The summed E-state index contributed by atoms with van der Waals surface area (Å²) in [5.41, 5.74) is 1.64. The Kier molecular flexibility index (Phi) is 4.89. The zero-order valence-electron chi connectivity index (χ0n) is 14.7. The maximum Gasteiger partial charge on any atom is 0.414 e. The second-order valence-corrected chi connectivity index (χ2v) is 7.11. The van der Waals surface area contributed by atoms with Crippen molar-refractivity contribution in [1.82, 2.24) is 4.90 Å². The van der Waals surface area contributed by atoms with E-state index >= 15 is 0 Å². The molecule has 0 aliphatic carbocycles. The maximum atomic E-state index is 13.2. The SMILES string of the molecule is O=C(OC1CN2CCC1CC2)N(Cc1ccc(F)cc1)c1ccccc1. The van der Waals surface area contributed by atoms with E-state index in [1.165, 1.54) is 12.1 Å². The van der Waals surface area contributed by atoms with E-state index in [1.807, 2.05) is 30.3 Å². The number of halogens is 1. The minimum atomic E-state index is -0.334. The van der Waals surface area contributed by atoms with E-state index in [-0.39, 0.29) is 18.0 Å². The number of amides is 1. The average molecular weight is 354 g/mol. The van der Waals surface area contributed by atoms with Gasteiger partial charge in [-0.15, -0.1) is 0 Å². The van der Waals surface area contributed by atoms with Crippen molar-refractivity contribution in [3.63, 3.8) is 0 Å². The van der Waals surface area contributed by atoms with Gasteiger partial charge in [-0.3, -0.25) is 9.80 Å². The minimum absolute atomic E-state index is 0.0376. The lowest BCUT2D eigenvalue weighted by molar-refractivity contribution is -0.0311. The van der Waals surface area contributed by atoms with Crippen LogP contribution in [0.15, 0.2) is 54.6 Å². The Balaban J connectivity index is 1.52. The number of carbonyl (C=O) groups is 1. The van der Waals surface area contributed by atoms with Gasteiger partial charge >= 0.3 is 6.09 Å². The summed E-state index contributed by atoms with van der Waals surface area (Å²) in [6.45, 7) is 3.40. The van der Waals surface area contributed by atoms with E-state index in [0.29, 0.717) is 12.5 Å². The van der Waals surface area contributed by atoms with E-state index in [1.54, 1.807) is 17.0 Å². The first-order valence-electron chi connectivity index (χ1n) is 9.19. The number of hydrogen-bond donors (Lipinski definition) is 0. The molecule has 5 heteroatoms. The summed E-state index contributed by atoms with van der Waals surface area (Å²) in [6.07, 6.45) is 1.83. The van der Waals surface area contributed by atoms with Crippen molar-refractivity contribution in [2.24, 2.45) is 5.92 Å². The van der Waals surface area contributed by atoms with Gasteiger partial charge in [0.15, 0.2) is 0 Å². The molecule has 2 aromatic carbocycles. The summed E-state index contributed by atoms with van der Waals surface area (Å²) in [5, 5.41) is 0. The van der Waals surface area contributed by atoms with Gasteiger partial charge in [-0.25, -0.2) is 9.18 Å². The van der Waals surface area contributed by atoms with Crippen LogP contribution in [0.3, 0.4) is 0 Å². The predicted octanol–water partition coefficient (Wildman–Crippen LogP) is 4.06. The average Bonchev–Trinajstić information content (AvgIpc) is 2.69. The lowest BCUT2D eigenvalue weighted by Crippen LogP contribution is -2.53. The Morgan fingerprint density at radius 3 is 2.38 bits per heavy atom. The highest BCUT2D eigenvalue weighted by Gasteiger charge is 2.37. The number of para-hydroxylation sites is 1. The van der Waals surface area contributed by atoms with Gasteiger partial charge in [-0.05, 0) is 61.7 Å². The van der Waals surface area contributed by atoms with Gasteiger partial charge in [-0.2, -0.15) is 0 Å². The Bertz CT molecular complexity index is 742. The molecular weight excluding hydrogens is 331 g/mol. The molecule has 1 atom stereocenters. The molecule has 0 aromatic heterocycles. The summed E-state index contributed by atoms with van der Waals surface area (Å²) in [6, 6.07) is 15.7. The van der Waals surface area contributed by atoms with Crippen LogP contribution in [0.2, 0.25) is 0 Å². The number of piperidine rings is 3. The van der Waals surface area contributed by atoms with Crippen LogP contribution in [0.5, 0.6) is 0 Å². The molecule has 4 nitrogen and oxygen atoms in total. The van der Waals surface area contributed by atoms with Gasteiger partial charge in [0.2, 0.25) is 0 Å². The van der Waals surface area contributed by atoms with Gasteiger partial charge < -0.3 is 4.74 Å². The van der Waals surface area contributed by atoms with Crippen molar-refractivity contribution in [1.29, 1.82) is 0 Å². The van der Waals surface area contributed by atoms with Crippen LogP contribution in [0.25, 0.3) is 0 Å². The molecule has 0 N–H and O–H groups in total. The number of rotatable bonds is 4. The monoisotopic (exact) mass is 354 g/mol. The fraction of sp³-hybridized carbons (Fsp3) is 0.381. The molecule has 5 rings (SSSR count). The highest BCUT2D eigenvalue weighted by Crippen LogP contribution is 2.30. The zero-order valence-corrected chi connectivity index (χ0v) is 14.7. The third-order valence-electron chi connectivity index (χ3n) is 5.39. The number of fused-ring (bicyclic) bond motifs is 3. The maximum absolute atomic E-state index is 13.2. The normalized spacial score (nSPS) is 24.3. The van der Waals surface area contributed by atoms with Gasteiger partial charge in [0.05, 0.1) is 6.54 Å². The quantitative estimate of drug-likeness (QED) is 0.830. The number of hydrogen-bond acceptors (Lipinski definition) is 3. The highest BCUT2D eigenvalue weighted by molar-refractivity contribution is 5.87. The second kappa shape index (κ2) is 7.46. The Morgan fingerprint density at radius 2 is 1.77 bits per heavy atom. The molecule has 2 aromatic rings. The van der Waals surface area contributed by atoms with Crippen molar-refractivity contribution >= 4 is 11.8 Å². The van der Waals surface area contributed by atoms with Crippen LogP contribution in [-0.2, 0) is 11.3 Å². The van der Waals surface area contributed by atoms with E-state index < -0.39 is 0 Å². The first kappa shape index (κ1) is 17.0. The molecule has 0 saturated carbocycles. The summed E-state index contributed by atoms with van der Waals surface area (Å²) in [4.78, 5) is 17.0. The number of benzene rings is 2. The molecule has 136 valence electrons. The summed E-state index contributed by atoms with van der Waals surface area (Å²) in [5.74, 6) is 0.183. The van der Waals surface area contributed by atoms with Crippen LogP contribution < -0.4 is 4.90 Å². The molecule has 1 amide bonds. The Labute approximate surface area is 153 Å². The molecule has 0 radical (unpaired) electrons. The van der Waals surface area contributed by atoms with E-state index in [9.17, 15) is 9.18 Å². The summed E-state index contributed by atoms with van der Waals surface area (Å²) >= 11 is 0. The molecule has 26 heavy (non-hydrogen) atoms. The lowest BCUT2D eigenvalue weighted by atomic mass is 9.86. The van der Waals surface area contributed by atoms with Crippen molar-refractivity contribution in [2.45, 2.75) is 25.5 Å². The molecule has 1 unspecified atom stereocenters. The van der Waals surface area contributed by atoms with Crippen LogP contribution in [0.1, 0.15) is 18.4 Å². The fourth-order valence-electron chi connectivity index (χ4n) is 3.88. The third-order valence-corrected chi connectivity index (χ3v) is 5.39. The largest absolute Gasteiger partial charge is 0.444 e. The van der Waals surface area contributed by atoms with Gasteiger partial charge in [-0.1, -0.05) is 30.3 Å². The number of ether oxygens (including phenoxy) is 1. The second-order valence-electron chi connectivity index (χ2n) is 7.11. The third kappa shape index (κ3) is 3.73. The van der Waals surface area contributed by atoms with Crippen LogP contribution in [0, 0.1) is 11.7 Å². The van der Waals surface area contributed by atoms with Gasteiger partial charge in [0, 0.05) is 12.2 Å². The Morgan fingerprint density at radius 1 is 1.08 bits per heavy atom. The zero-order chi connectivity index (χ0) is 17.9. The predicted molar refractivity (Wildman–Crippen MR) is 98.5 cm³/mol. The first-order chi connectivity index (χ1) is 12.7. The van der Waals surface area contributed by atoms with Gasteiger partial charge in [0.1, 0.15) is 11.9 Å². The highest BCUT2D eigenvalue weighted by atomic mass is 19.1. The van der Waals surface area contributed by atoms with E-state index in [0.717, 1.165) is 43.7 Å². The van der Waals surface area contributed by atoms with Crippen molar-refractivity contribution in [3.05, 3.63) is 66.0 Å². The molecule has 3 heterocycles. The van der Waals surface area contributed by atoms with Gasteiger partial charge in [0.25, 0.3) is 0 Å². The molecule has 0 spiro atoms. The molecule has 3 aliphatic rings. The molecular formula is C21H23FN2O2. The Hall–Kier alpha value is -2.40. The lowest BCUT2D eigenvalue weighted by Gasteiger charge is -2.44. The van der Waals surface area contributed by atoms with E-state index in [4.69, 9.17) is 4.74 Å². The molecule has 2 bridgehead atoms. The van der Waals surface area contributed by atoms with Crippen LogP contribution in [0.4, 0.5) is 14.9 Å². The topological polar surface area (TPSA) is 32.8 Å². The van der Waals surface area contributed by atoms with Crippen molar-refractivity contribution in [3.8, 4) is 0 Å². The van der Waals surface area contributed by atoms with E-state index in [2.05, 4.69) is 4.90 Å². The molecule has 3 fully saturated rings. The van der Waals surface area contributed by atoms with Crippen LogP contribution >= 0.6 is 0 Å². The first-order valence-corrected chi connectivity index (χ1v) is 9.19. The standard InChI is InChI=1S/C21H23FN2O2/c22-18-8-6-16(7-9-18)14-24(19-4-2-1-3-5-19)21(25)26-20-15-23-12-10-17(20)11-13-23/h1-9,17,20H,10-15H2. The fourth-order valence-corrected chi connectivity index (χ4v) is 3.88. The van der Waals surface area contributed by atoms with Crippen molar-refractivity contribution < 1.29 is 13.9 Å². The van der Waals surface area contributed by atoms with Crippen LogP contribution in [-0.4, -0.2) is 36.7 Å². The van der Waals surface area contributed by atoms with Crippen molar-refractivity contribution in [2.75, 3.05) is 24.5 Å². The smallest absolute Gasteiger partial charge is 0.414 e. The summed E-state index contributed by atoms with van der Waals surface area (Å²) in [7, 11) is 0. The minimum Gasteiger partial charge on any atom is -0.444 e.